The molecule has 3 N–H and O–H groups in total. The van der Waals surface area contributed by atoms with Crippen molar-refractivity contribution in [3.05, 3.63) is 48.5 Å². The van der Waals surface area contributed by atoms with Gasteiger partial charge in [-0.05, 0) is 12.1 Å². The minimum atomic E-state index is -3.08. The highest BCUT2D eigenvalue weighted by molar-refractivity contribution is 7.99. The zero-order valence-corrected chi connectivity index (χ0v) is 19.7. The number of hydrogen-bond donors (Lipinski definition) is 3. The number of amides is 2. The molecule has 2 amide bonds. The van der Waals surface area contributed by atoms with E-state index in [1.807, 2.05) is 0 Å². The monoisotopic (exact) mass is 514 g/mol. The molecule has 5 rings (SSSR count). The topological polar surface area (TPSA) is 127 Å². The van der Waals surface area contributed by atoms with E-state index in [-0.39, 0.29) is 40.7 Å². The van der Waals surface area contributed by atoms with E-state index in [2.05, 4.69) is 31.1 Å². The highest BCUT2D eigenvalue weighted by Crippen LogP contribution is 2.43. The van der Waals surface area contributed by atoms with Crippen molar-refractivity contribution in [1.82, 2.24) is 29.7 Å². The number of halogens is 2. The number of ether oxygens (including phenoxy) is 1. The van der Waals surface area contributed by atoms with Crippen molar-refractivity contribution in [1.29, 1.82) is 0 Å². The molecule has 4 aromatic rings. The number of alkyl halides is 2. The van der Waals surface area contributed by atoms with E-state index in [1.54, 1.807) is 30.1 Å². The minimum absolute atomic E-state index is 0.114. The number of benzene rings is 1. The highest BCUT2D eigenvalue weighted by atomic mass is 32.2. The molecule has 0 radical (unpaired) electrons. The smallest absolute Gasteiger partial charge is 0.387 e. The van der Waals surface area contributed by atoms with E-state index < -0.39 is 12.5 Å². The lowest BCUT2D eigenvalue weighted by Crippen LogP contribution is -2.23. The first-order valence-corrected chi connectivity index (χ1v) is 11.8. The van der Waals surface area contributed by atoms with Crippen LogP contribution in [0.15, 0.2) is 47.9 Å². The Hall–Kier alpha value is -4.20. The SMILES string of the molecule is CNC(=O)Cn1cc(NC(=O)c2cnn3cccnc23)c(-c2cc3c(cc2OC(F)F)NCCS3)n1. The molecule has 186 valence electrons. The van der Waals surface area contributed by atoms with Crippen molar-refractivity contribution < 1.29 is 23.1 Å². The number of carbonyl (C=O) groups is 2. The van der Waals surface area contributed by atoms with Gasteiger partial charge in [0.05, 0.1) is 17.6 Å². The fraction of sp³-hybridized carbons (Fsp3) is 0.227. The summed E-state index contributed by atoms with van der Waals surface area (Å²) in [7, 11) is 1.48. The summed E-state index contributed by atoms with van der Waals surface area (Å²) in [5, 5.41) is 17.0. The second-order valence-corrected chi connectivity index (χ2v) is 8.80. The second kappa shape index (κ2) is 9.81. The van der Waals surface area contributed by atoms with Gasteiger partial charge in [-0.25, -0.2) is 9.50 Å². The van der Waals surface area contributed by atoms with E-state index in [1.165, 1.54) is 40.9 Å². The first kappa shape index (κ1) is 23.5. The van der Waals surface area contributed by atoms with Gasteiger partial charge in [0.2, 0.25) is 5.91 Å². The maximum absolute atomic E-state index is 13.3. The number of likely N-dealkylation sites (N-methyl/N-ethyl adjacent to an activating group) is 1. The van der Waals surface area contributed by atoms with Gasteiger partial charge in [-0.3, -0.25) is 14.3 Å². The number of nitrogens with one attached hydrogen (secondary N) is 3. The molecule has 0 fully saturated rings. The summed E-state index contributed by atoms with van der Waals surface area (Å²) in [4.78, 5) is 30.2. The van der Waals surface area contributed by atoms with Crippen molar-refractivity contribution in [2.75, 3.05) is 30.0 Å². The van der Waals surface area contributed by atoms with Crippen LogP contribution in [0.2, 0.25) is 0 Å². The van der Waals surface area contributed by atoms with Crippen molar-refractivity contribution in [3.63, 3.8) is 0 Å². The molecule has 0 spiro atoms. The van der Waals surface area contributed by atoms with E-state index in [0.717, 1.165) is 10.6 Å². The van der Waals surface area contributed by atoms with Gasteiger partial charge in [0, 0.05) is 54.5 Å². The number of anilines is 2. The Kier molecular flexibility index (Phi) is 6.41. The number of rotatable bonds is 7. The Morgan fingerprint density at radius 1 is 1.33 bits per heavy atom. The normalized spacial score (nSPS) is 12.8. The fourth-order valence-corrected chi connectivity index (χ4v) is 4.65. The van der Waals surface area contributed by atoms with E-state index in [0.29, 0.717) is 17.9 Å². The summed E-state index contributed by atoms with van der Waals surface area (Å²) in [5.74, 6) is -0.187. The quantitative estimate of drug-likeness (QED) is 0.344. The van der Waals surface area contributed by atoms with Gasteiger partial charge in [-0.1, -0.05) is 0 Å². The molecular weight excluding hydrogens is 494 g/mol. The van der Waals surface area contributed by atoms with Crippen molar-refractivity contribution >= 4 is 40.6 Å². The van der Waals surface area contributed by atoms with E-state index in [9.17, 15) is 18.4 Å². The third-order valence-corrected chi connectivity index (χ3v) is 6.40. The molecule has 14 heteroatoms. The third kappa shape index (κ3) is 4.66. The molecule has 1 aromatic carbocycles. The van der Waals surface area contributed by atoms with Crippen LogP contribution in [-0.2, 0) is 11.3 Å². The van der Waals surface area contributed by atoms with Crippen LogP contribution in [-0.4, -0.2) is 62.1 Å². The third-order valence-electron chi connectivity index (χ3n) is 5.35. The summed E-state index contributed by atoms with van der Waals surface area (Å²) >= 11 is 1.55. The van der Waals surface area contributed by atoms with Gasteiger partial charge < -0.3 is 20.7 Å². The predicted octanol–water partition coefficient (Wildman–Crippen LogP) is 2.71. The molecule has 3 aromatic heterocycles. The molecule has 0 bridgehead atoms. The standard InChI is InChI=1S/C22H20F2N8O3S/c1-25-18(33)11-31-10-15(29-21(34)13-9-28-32-5-2-3-27-20(13)32)19(30-31)12-7-17-14(26-4-6-36-17)8-16(12)35-22(23)24/h2-3,5,7-10,22,26H,4,6,11H2,1H3,(H,25,33)(H,29,34). The largest absolute Gasteiger partial charge is 0.434 e. The lowest BCUT2D eigenvalue weighted by Gasteiger charge is -2.20. The lowest BCUT2D eigenvalue weighted by molar-refractivity contribution is -0.121. The predicted molar refractivity (Wildman–Crippen MR) is 129 cm³/mol. The van der Waals surface area contributed by atoms with E-state index >= 15 is 0 Å². The number of aromatic nitrogens is 5. The summed E-state index contributed by atoms with van der Waals surface area (Å²) in [5.41, 5.74) is 1.82. The van der Waals surface area contributed by atoms with Crippen LogP contribution < -0.4 is 20.7 Å². The fourth-order valence-electron chi connectivity index (χ4n) is 3.74. The summed E-state index contributed by atoms with van der Waals surface area (Å²) < 4.78 is 34.2. The van der Waals surface area contributed by atoms with Crippen LogP contribution in [0.3, 0.4) is 0 Å². The van der Waals surface area contributed by atoms with E-state index in [4.69, 9.17) is 4.74 Å². The Bertz CT molecular complexity index is 1450. The van der Waals surface area contributed by atoms with Crippen LogP contribution in [0.25, 0.3) is 16.9 Å². The zero-order chi connectivity index (χ0) is 25.2. The van der Waals surface area contributed by atoms with Gasteiger partial charge in [0.25, 0.3) is 5.91 Å². The van der Waals surface area contributed by atoms with Crippen molar-refractivity contribution in [2.45, 2.75) is 18.1 Å². The Morgan fingerprint density at radius 3 is 3.00 bits per heavy atom. The van der Waals surface area contributed by atoms with Gasteiger partial charge in [0.15, 0.2) is 5.65 Å². The molecule has 0 unspecified atom stereocenters. The highest BCUT2D eigenvalue weighted by Gasteiger charge is 2.24. The Labute approximate surface area is 207 Å². The van der Waals surface area contributed by atoms with Crippen LogP contribution in [0, 0.1) is 0 Å². The molecule has 0 aliphatic carbocycles. The van der Waals surface area contributed by atoms with Crippen molar-refractivity contribution in [2.24, 2.45) is 0 Å². The first-order chi connectivity index (χ1) is 17.4. The number of carbonyl (C=O) groups excluding carboxylic acids is 2. The molecule has 1 aliphatic rings. The molecule has 0 atom stereocenters. The Balaban J connectivity index is 1.59. The van der Waals surface area contributed by atoms with Gasteiger partial charge in [-0.2, -0.15) is 19.0 Å². The van der Waals surface area contributed by atoms with Crippen LogP contribution in [0.4, 0.5) is 20.2 Å². The number of hydrogen-bond acceptors (Lipinski definition) is 8. The number of thioether (sulfide) groups is 1. The summed E-state index contributed by atoms with van der Waals surface area (Å²) in [6.07, 6.45) is 6.02. The first-order valence-electron chi connectivity index (χ1n) is 10.8. The Morgan fingerprint density at radius 2 is 2.19 bits per heavy atom. The molecule has 1 aliphatic heterocycles. The second-order valence-electron chi connectivity index (χ2n) is 7.66. The maximum atomic E-state index is 13.3. The van der Waals surface area contributed by atoms with Gasteiger partial charge in [-0.15, -0.1) is 11.8 Å². The van der Waals surface area contributed by atoms with Crippen molar-refractivity contribution in [3.8, 4) is 17.0 Å². The molecule has 4 heterocycles. The molecule has 36 heavy (non-hydrogen) atoms. The molecular formula is C22H20F2N8O3S. The lowest BCUT2D eigenvalue weighted by atomic mass is 10.1. The van der Waals surface area contributed by atoms with Crippen LogP contribution in [0.5, 0.6) is 5.75 Å². The molecule has 11 nitrogen and oxygen atoms in total. The average molecular weight is 515 g/mol. The molecule has 0 saturated carbocycles. The number of fused-ring (bicyclic) bond motifs is 2. The van der Waals surface area contributed by atoms with Crippen LogP contribution in [0.1, 0.15) is 10.4 Å². The summed E-state index contributed by atoms with van der Waals surface area (Å²) in [6.45, 7) is -2.54. The molecule has 0 saturated heterocycles. The zero-order valence-electron chi connectivity index (χ0n) is 18.9. The van der Waals surface area contributed by atoms with Gasteiger partial charge in [0.1, 0.15) is 23.6 Å². The van der Waals surface area contributed by atoms with Crippen LogP contribution >= 0.6 is 11.8 Å². The summed E-state index contributed by atoms with van der Waals surface area (Å²) in [6, 6.07) is 4.85. The van der Waals surface area contributed by atoms with Gasteiger partial charge >= 0.3 is 6.61 Å². The average Bonchev–Trinajstić information content (AvgIpc) is 3.47. The number of nitrogens with zero attached hydrogens (tertiary/aromatic N) is 5. The maximum Gasteiger partial charge on any atom is 0.387 e. The minimum Gasteiger partial charge on any atom is -0.434 e.